The van der Waals surface area contributed by atoms with E-state index >= 15 is 0 Å². The Morgan fingerprint density at radius 3 is 2.56 bits per heavy atom. The Kier molecular flexibility index (Phi) is 1.79. The van der Waals surface area contributed by atoms with Crippen LogP contribution in [0.5, 0.6) is 0 Å². The predicted octanol–water partition coefficient (Wildman–Crippen LogP) is 0.179. The van der Waals surface area contributed by atoms with Crippen molar-refractivity contribution in [1.82, 2.24) is 0 Å². The summed E-state index contributed by atoms with van der Waals surface area (Å²) in [6.07, 6.45) is 0.837. The van der Waals surface area contributed by atoms with E-state index in [4.69, 9.17) is 14.3 Å². The molecule has 1 aliphatic heterocycles. The van der Waals surface area contributed by atoms with Crippen molar-refractivity contribution in [2.45, 2.75) is 25.9 Å². The second-order valence-corrected chi connectivity index (χ2v) is 2.81. The third-order valence-corrected chi connectivity index (χ3v) is 1.38. The summed E-state index contributed by atoms with van der Waals surface area (Å²) in [5.41, 5.74) is -0.225. The van der Waals surface area contributed by atoms with E-state index < -0.39 is 7.32 Å². The van der Waals surface area contributed by atoms with Crippen molar-refractivity contribution in [1.29, 1.82) is 0 Å². The van der Waals surface area contributed by atoms with Gasteiger partial charge in [-0.05, 0) is 20.3 Å². The van der Waals surface area contributed by atoms with Crippen LogP contribution < -0.4 is 0 Å². The predicted molar refractivity (Wildman–Crippen MR) is 33.7 cm³/mol. The van der Waals surface area contributed by atoms with Gasteiger partial charge in [-0.1, -0.05) is 0 Å². The minimum absolute atomic E-state index is 0.225. The van der Waals surface area contributed by atoms with Crippen LogP contribution in [0.2, 0.25) is 0 Å². The van der Waals surface area contributed by atoms with Crippen molar-refractivity contribution in [2.75, 3.05) is 6.61 Å². The normalized spacial score (nSPS) is 26.3. The summed E-state index contributed by atoms with van der Waals surface area (Å²) in [7, 11) is -1.02. The van der Waals surface area contributed by atoms with Crippen LogP contribution in [0.15, 0.2) is 0 Å². The first-order chi connectivity index (χ1) is 4.10. The highest BCUT2D eigenvalue weighted by Crippen LogP contribution is 2.19. The molecule has 0 bridgehead atoms. The molecule has 0 aromatic heterocycles. The summed E-state index contributed by atoms with van der Waals surface area (Å²) in [5.74, 6) is 0. The molecule has 3 nitrogen and oxygen atoms in total. The first kappa shape index (κ1) is 7.06. The number of hydrogen-bond donors (Lipinski definition) is 1. The lowest BCUT2D eigenvalue weighted by Gasteiger charge is -2.31. The molecule has 1 heterocycles. The number of rotatable bonds is 0. The zero-order valence-corrected chi connectivity index (χ0v) is 5.76. The van der Waals surface area contributed by atoms with Crippen molar-refractivity contribution >= 4 is 7.32 Å². The molecule has 0 aromatic carbocycles. The Bertz CT molecular complexity index is 104. The zero-order valence-electron chi connectivity index (χ0n) is 5.76. The molecule has 0 aromatic rings. The van der Waals surface area contributed by atoms with Gasteiger partial charge in [-0.25, -0.2) is 0 Å². The van der Waals surface area contributed by atoms with Crippen LogP contribution in [-0.4, -0.2) is 24.6 Å². The van der Waals surface area contributed by atoms with Crippen molar-refractivity contribution in [3.05, 3.63) is 0 Å². The summed E-state index contributed by atoms with van der Waals surface area (Å²) in [6, 6.07) is 0. The Labute approximate surface area is 55.1 Å². The summed E-state index contributed by atoms with van der Waals surface area (Å²) in [5, 5.41) is 8.80. The van der Waals surface area contributed by atoms with Gasteiger partial charge in [0.2, 0.25) is 0 Å². The summed E-state index contributed by atoms with van der Waals surface area (Å²) < 4.78 is 9.75. The molecule has 0 aliphatic carbocycles. The van der Waals surface area contributed by atoms with E-state index in [1.54, 1.807) is 0 Å². The quantitative estimate of drug-likeness (QED) is 0.475. The highest BCUT2D eigenvalue weighted by atomic mass is 16.7. The van der Waals surface area contributed by atoms with Crippen LogP contribution in [0.4, 0.5) is 0 Å². The molecule has 52 valence electrons. The zero-order chi connectivity index (χ0) is 6.91. The van der Waals surface area contributed by atoms with Gasteiger partial charge in [0.25, 0.3) is 0 Å². The SMILES string of the molecule is CC1(C)CCOB(O)O1. The molecule has 0 spiro atoms. The van der Waals surface area contributed by atoms with Crippen molar-refractivity contribution in [3.8, 4) is 0 Å². The van der Waals surface area contributed by atoms with E-state index in [1.807, 2.05) is 13.8 Å². The third-order valence-electron chi connectivity index (χ3n) is 1.38. The van der Waals surface area contributed by atoms with Crippen LogP contribution in [0.25, 0.3) is 0 Å². The summed E-state index contributed by atoms with van der Waals surface area (Å²) in [4.78, 5) is 0. The Balaban J connectivity index is 2.41. The third kappa shape index (κ3) is 1.97. The summed E-state index contributed by atoms with van der Waals surface area (Å²) >= 11 is 0. The van der Waals surface area contributed by atoms with Gasteiger partial charge in [0, 0.05) is 6.61 Å². The lowest BCUT2D eigenvalue weighted by molar-refractivity contribution is -0.0261. The van der Waals surface area contributed by atoms with E-state index in [0.717, 1.165) is 6.42 Å². The minimum atomic E-state index is -1.02. The highest BCUT2D eigenvalue weighted by molar-refractivity contribution is 6.34. The molecule has 4 heteroatoms. The second kappa shape index (κ2) is 2.29. The van der Waals surface area contributed by atoms with Gasteiger partial charge in [0.1, 0.15) is 0 Å². The lowest BCUT2D eigenvalue weighted by atomic mass is 10.00. The fraction of sp³-hybridized carbons (Fsp3) is 1.00. The highest BCUT2D eigenvalue weighted by Gasteiger charge is 2.32. The van der Waals surface area contributed by atoms with E-state index in [0.29, 0.717) is 6.61 Å². The molecule has 1 N–H and O–H groups in total. The lowest BCUT2D eigenvalue weighted by Crippen LogP contribution is -2.42. The molecule has 9 heavy (non-hydrogen) atoms. The van der Waals surface area contributed by atoms with Crippen LogP contribution in [0.1, 0.15) is 20.3 Å². The maximum absolute atomic E-state index is 8.80. The largest absolute Gasteiger partial charge is 0.637 e. The first-order valence-electron chi connectivity index (χ1n) is 3.08. The number of hydrogen-bond acceptors (Lipinski definition) is 3. The van der Waals surface area contributed by atoms with E-state index in [-0.39, 0.29) is 5.60 Å². The van der Waals surface area contributed by atoms with Gasteiger partial charge in [0.05, 0.1) is 5.60 Å². The van der Waals surface area contributed by atoms with Gasteiger partial charge in [-0.15, -0.1) is 0 Å². The smallest absolute Gasteiger partial charge is 0.402 e. The maximum Gasteiger partial charge on any atom is 0.637 e. The Hall–Kier alpha value is -0.0551. The van der Waals surface area contributed by atoms with Crippen LogP contribution >= 0.6 is 0 Å². The maximum atomic E-state index is 8.80. The average Bonchev–Trinajstić information content (AvgIpc) is 1.60. The van der Waals surface area contributed by atoms with Crippen molar-refractivity contribution in [2.24, 2.45) is 0 Å². The molecule has 1 rings (SSSR count). The monoisotopic (exact) mass is 130 g/mol. The van der Waals surface area contributed by atoms with Crippen molar-refractivity contribution < 1.29 is 14.3 Å². The molecule has 1 saturated heterocycles. The van der Waals surface area contributed by atoms with Crippen LogP contribution in [0, 0.1) is 0 Å². The standard InChI is InChI=1S/C5H11BO3/c1-5(2)3-4-8-6(7)9-5/h7H,3-4H2,1-2H3. The molecule has 0 unspecified atom stereocenters. The topological polar surface area (TPSA) is 38.7 Å². The summed E-state index contributed by atoms with van der Waals surface area (Å²) in [6.45, 7) is 4.44. The van der Waals surface area contributed by atoms with E-state index in [2.05, 4.69) is 0 Å². The molecular formula is C5H11BO3. The van der Waals surface area contributed by atoms with Gasteiger partial charge < -0.3 is 14.3 Å². The fourth-order valence-electron chi connectivity index (χ4n) is 0.771. The molecule has 0 radical (unpaired) electrons. The molecule has 1 aliphatic rings. The molecule has 1 fully saturated rings. The molecule has 0 amide bonds. The minimum Gasteiger partial charge on any atom is -0.402 e. The molecule has 0 saturated carbocycles. The van der Waals surface area contributed by atoms with Gasteiger partial charge in [-0.2, -0.15) is 0 Å². The first-order valence-corrected chi connectivity index (χ1v) is 3.08. The molecular weight excluding hydrogens is 119 g/mol. The average molecular weight is 130 g/mol. The van der Waals surface area contributed by atoms with Gasteiger partial charge >= 0.3 is 7.32 Å². The second-order valence-electron chi connectivity index (χ2n) is 2.81. The Morgan fingerprint density at radius 2 is 2.22 bits per heavy atom. The van der Waals surface area contributed by atoms with E-state index in [9.17, 15) is 0 Å². The molecule has 0 atom stereocenters. The Morgan fingerprint density at radius 1 is 1.56 bits per heavy atom. The van der Waals surface area contributed by atoms with Crippen LogP contribution in [0.3, 0.4) is 0 Å². The van der Waals surface area contributed by atoms with Crippen molar-refractivity contribution in [3.63, 3.8) is 0 Å². The van der Waals surface area contributed by atoms with Gasteiger partial charge in [-0.3, -0.25) is 0 Å². The fourth-order valence-corrected chi connectivity index (χ4v) is 0.771. The van der Waals surface area contributed by atoms with Gasteiger partial charge in [0.15, 0.2) is 0 Å². The van der Waals surface area contributed by atoms with Crippen LogP contribution in [-0.2, 0) is 9.31 Å². The van der Waals surface area contributed by atoms with E-state index in [1.165, 1.54) is 0 Å².